The average Bonchev–Trinajstić information content (AvgIpc) is 1.15. The summed E-state index contributed by atoms with van der Waals surface area (Å²) in [4.78, 5) is 99.7. The highest BCUT2D eigenvalue weighted by Crippen LogP contribution is 2.45. The monoisotopic (exact) mass is 1970 g/mol. The number of nitrogens with one attached hydrogen (secondary N) is 9. The van der Waals surface area contributed by atoms with Crippen molar-refractivity contribution >= 4 is 153 Å². The molecule has 25 heterocycles. The van der Waals surface area contributed by atoms with Gasteiger partial charge in [-0.2, -0.15) is 20.4 Å². The highest BCUT2D eigenvalue weighted by atomic mass is 16.2. The van der Waals surface area contributed by atoms with Crippen LogP contribution in [0.25, 0.3) is 88.1 Å². The molecule has 0 bridgehead atoms. The molecule has 0 spiro atoms. The lowest BCUT2D eigenvalue weighted by Gasteiger charge is -2.25. The fraction of sp³-hybridized carbons (Fsp3) is 0.278. The summed E-state index contributed by atoms with van der Waals surface area (Å²) < 4.78 is 9.39. The zero-order valence-corrected chi connectivity index (χ0v) is 82.2. The first-order valence-corrected chi connectivity index (χ1v) is 49.0. The van der Waals surface area contributed by atoms with Gasteiger partial charge in [-0.15, -0.1) is 25.7 Å². The molecule has 25 rings (SSSR count). The van der Waals surface area contributed by atoms with E-state index in [4.69, 9.17) is 68.7 Å². The third kappa shape index (κ3) is 18.3. The van der Waals surface area contributed by atoms with Gasteiger partial charge >= 0.3 is 0 Å². The summed E-state index contributed by atoms with van der Waals surface area (Å²) >= 11 is 0. The molecule has 148 heavy (non-hydrogen) atoms. The molecule has 40 nitrogen and oxygen atoms in total. The minimum atomic E-state index is -0.0419. The molecule has 0 fully saturated rings. The van der Waals surface area contributed by atoms with Gasteiger partial charge in [0, 0.05) is 245 Å². The minimum absolute atomic E-state index is 0.00960. The first-order valence-electron chi connectivity index (χ1n) is 49.0. The van der Waals surface area contributed by atoms with Crippen molar-refractivity contribution in [3.05, 3.63) is 208 Å². The van der Waals surface area contributed by atoms with Crippen LogP contribution in [0.3, 0.4) is 0 Å². The number of nitrogens with two attached hydrogens (primary N) is 4. The van der Waals surface area contributed by atoms with Crippen LogP contribution in [0.1, 0.15) is 123 Å². The van der Waals surface area contributed by atoms with E-state index < -0.39 is 0 Å². The molecule has 740 valence electrons. The number of terminal acetylenes is 4. The van der Waals surface area contributed by atoms with Gasteiger partial charge in [-0.3, -0.25) is 53.0 Å². The van der Waals surface area contributed by atoms with Crippen LogP contribution in [-0.2, 0) is 72.8 Å². The Morgan fingerprint density at radius 3 is 0.953 bits per heavy atom. The van der Waals surface area contributed by atoms with Crippen LogP contribution in [0.15, 0.2) is 135 Å². The number of carbonyl (C=O) groups excluding carboxylic acids is 3. The van der Waals surface area contributed by atoms with Crippen LogP contribution in [0.2, 0.25) is 0 Å². The quantitative estimate of drug-likeness (QED) is 0.0505. The van der Waals surface area contributed by atoms with Crippen LogP contribution in [0, 0.1) is 77.1 Å². The molecular formula is C108H105N37O3. The highest BCUT2D eigenvalue weighted by molar-refractivity contribution is 6.00. The number of aryl methyl sites for hydroxylation is 2. The van der Waals surface area contributed by atoms with Gasteiger partial charge in [0.15, 0.2) is 23.3 Å². The van der Waals surface area contributed by atoms with E-state index in [2.05, 4.69) is 168 Å². The van der Waals surface area contributed by atoms with Crippen molar-refractivity contribution in [2.45, 2.75) is 135 Å². The molecular weight excluding hydrogens is 1860 g/mol. The molecule has 0 aromatic carbocycles. The van der Waals surface area contributed by atoms with Gasteiger partial charge < -0.3 is 85.2 Å². The van der Waals surface area contributed by atoms with Crippen LogP contribution in [-0.4, -0.2) is 196 Å². The van der Waals surface area contributed by atoms with Crippen molar-refractivity contribution in [3.63, 3.8) is 0 Å². The second-order valence-electron chi connectivity index (χ2n) is 37.9. The summed E-state index contributed by atoms with van der Waals surface area (Å²) in [5.41, 5.74) is 47.9. The number of hydrogen-bond donors (Lipinski definition) is 13. The van der Waals surface area contributed by atoms with Crippen molar-refractivity contribution in [1.29, 1.82) is 0 Å². The number of likely N-dealkylation sites (N-methyl/N-ethyl adjacent to an activating group) is 2. The molecule has 17 N–H and O–H groups in total. The van der Waals surface area contributed by atoms with Gasteiger partial charge in [0.2, 0.25) is 17.7 Å². The van der Waals surface area contributed by atoms with E-state index >= 15 is 0 Å². The Labute approximate surface area is 850 Å². The van der Waals surface area contributed by atoms with Gasteiger partial charge in [0.05, 0.1) is 98.5 Å². The summed E-state index contributed by atoms with van der Waals surface area (Å²) in [5.74, 6) is 19.4. The van der Waals surface area contributed by atoms with Crippen molar-refractivity contribution in [3.8, 4) is 94.4 Å². The van der Waals surface area contributed by atoms with Crippen LogP contribution < -0.4 is 70.8 Å². The molecule has 0 saturated carbocycles. The average molecular weight is 1970 g/mol. The zero-order valence-electron chi connectivity index (χ0n) is 82.2. The standard InChI is InChI=1S/C28H26N10.2C27H27N9O.C26H25N9O/c1-3-17-4-6-31-26-16(2)20(13-33-27(17)26)22-10-18-11-23(32-14-21(18)28(29)34-22)35-24-12-19-5-8-37-9-7-30-25(37)15-38(19)36-24;2*1-4-16-5-7-29-25-15(2)19(12-31-26(16)25)21-9-17-10-22(30-13-20(17)27(28)32-21)33-23-11-18-6-8-35(3)24(37)14-36(18)34-23;1-3-15-4-6-29-24-14(2)18(11-31-25(15)24)20-8-16-9-21(30-12-19(16)26(27)32-20)33-22-10-17-5-7-28-23(36)13-35(17)34-22/h1,7,9-14,17,31H,4-6,8,15H2,2H3,(H2,29,34)(H,32,35,36);2*1,9-13,16,29H,5-8,14H2,2-3H3,(H2,28,32)(H,30,33,34);1,8-12,15,29H,4-7,13H2,2H3,(H2,27,32)(H,28,36)(H,30,33,34)/t17-;2*16-;15-/m1100/s1. The Morgan fingerprint density at radius 1 is 0.338 bits per heavy atom. The third-order valence-corrected chi connectivity index (χ3v) is 28.6. The van der Waals surface area contributed by atoms with Crippen molar-refractivity contribution in [1.82, 2.24) is 124 Å². The van der Waals surface area contributed by atoms with Crippen LogP contribution >= 0.6 is 0 Å². The van der Waals surface area contributed by atoms with E-state index in [0.29, 0.717) is 90.2 Å². The molecule has 3 amide bonds. The summed E-state index contributed by atoms with van der Waals surface area (Å²) in [6, 6.07) is 23.7. The van der Waals surface area contributed by atoms with Crippen LogP contribution in [0.5, 0.6) is 0 Å². The largest absolute Gasteiger partial charge is 0.383 e. The number of nitrogen functional groups attached to an aromatic ring is 4. The Bertz CT molecular complexity index is 8230. The van der Waals surface area contributed by atoms with E-state index in [9.17, 15) is 14.4 Å². The number of hydrogen-bond acceptors (Lipinski definition) is 32. The van der Waals surface area contributed by atoms with Gasteiger partial charge in [-0.1, -0.05) is 23.7 Å². The summed E-state index contributed by atoms with van der Waals surface area (Å²) in [6.07, 6.45) is 47.6. The van der Waals surface area contributed by atoms with E-state index in [1.54, 1.807) is 48.6 Å². The van der Waals surface area contributed by atoms with Crippen molar-refractivity contribution in [2.75, 3.05) is 125 Å². The maximum absolute atomic E-state index is 12.2. The summed E-state index contributed by atoms with van der Waals surface area (Å²) in [7, 11) is 3.63. The minimum Gasteiger partial charge on any atom is -0.383 e. The van der Waals surface area contributed by atoms with Gasteiger partial charge in [-0.25, -0.2) is 44.9 Å². The van der Waals surface area contributed by atoms with E-state index in [-0.39, 0.29) is 61.0 Å². The normalized spacial score (nSPS) is 16.7. The number of anilines is 16. The lowest BCUT2D eigenvalue weighted by atomic mass is 9.92. The fourth-order valence-corrected chi connectivity index (χ4v) is 20.4. The predicted octanol–water partition coefficient (Wildman–Crippen LogP) is 12.7. The Kier molecular flexibility index (Phi) is 24.9. The van der Waals surface area contributed by atoms with Gasteiger partial charge in [0.25, 0.3) is 0 Å². The number of pyridine rings is 12. The lowest BCUT2D eigenvalue weighted by Crippen LogP contribution is -2.29. The number of carbonyl (C=O) groups is 3. The molecule has 8 aliphatic heterocycles. The van der Waals surface area contributed by atoms with E-state index in [0.717, 1.165) is 274 Å². The predicted molar refractivity (Wildman–Crippen MR) is 573 cm³/mol. The topological polar surface area (TPSA) is 514 Å². The highest BCUT2D eigenvalue weighted by Gasteiger charge is 2.32. The number of aromatic nitrogens is 22. The zero-order chi connectivity index (χ0) is 102. The number of nitrogens with zero attached hydrogens (tertiary/aromatic N) is 24. The number of imidazole rings is 1. The molecule has 0 saturated heterocycles. The van der Waals surface area contributed by atoms with E-state index in [1.165, 1.54) is 0 Å². The second kappa shape index (κ2) is 39.1. The van der Waals surface area contributed by atoms with E-state index in [1.807, 2.05) is 130 Å². The molecule has 40 heteroatoms. The Hall–Kier alpha value is -18.9. The molecule has 0 unspecified atom stereocenters. The van der Waals surface area contributed by atoms with Gasteiger partial charge in [0.1, 0.15) is 72.0 Å². The third-order valence-electron chi connectivity index (χ3n) is 28.6. The first-order chi connectivity index (χ1) is 71.9. The molecule has 4 atom stereocenters. The molecule has 8 aliphatic rings. The summed E-state index contributed by atoms with van der Waals surface area (Å²) in [6.45, 7) is 15.6. The first kappa shape index (κ1) is 94.1. The Morgan fingerprint density at radius 2 is 0.635 bits per heavy atom. The maximum Gasteiger partial charge on any atom is 0.244 e. The smallest absolute Gasteiger partial charge is 0.244 e. The molecule has 0 radical (unpaired) electrons. The maximum atomic E-state index is 12.2. The SMILES string of the molecule is C#C[C@@H]1CCNc2c1ncc(-c1cc3cc(Nc4cc5n(n4)CC(=O)N(C)CC5)ncc3c(N)n1)c2C.C#C[C@@H]1CCNc2c1ncc(-c1cc3cc(Nc4cc5n(n4)Cc4nccn4CC5)ncc3c(N)n1)c2C.C#C[C@H]1CCNc2c1ncc(-c1cc3cc(Nc4cc5n(n4)CC(=O)N(C)CC5)ncc3c(N)n1)c2C.C#C[C@H]1CCNc2c1ncc(-c1cc3cc(Nc4cc5n(n4)CC(=O)NCC5)ncc3c(N)n1)c2C. The molecule has 0 aliphatic carbocycles. The number of fused-ring (bicyclic) bond motifs is 13. The number of amides is 3. The number of rotatable bonds is 12. The lowest BCUT2D eigenvalue weighted by molar-refractivity contribution is -0.131. The van der Waals surface area contributed by atoms with Crippen molar-refractivity contribution < 1.29 is 14.4 Å². The van der Waals surface area contributed by atoms with Crippen LogP contribution in [0.4, 0.5) is 92.6 Å². The molecule has 17 aromatic heterocycles. The second-order valence-corrected chi connectivity index (χ2v) is 37.9. The summed E-state index contributed by atoms with van der Waals surface area (Å²) in [5, 5.41) is 54.9. The molecule has 17 aromatic rings. The van der Waals surface area contributed by atoms with Crippen molar-refractivity contribution in [2.24, 2.45) is 0 Å². The fourth-order valence-electron chi connectivity index (χ4n) is 20.4. The van der Waals surface area contributed by atoms with Gasteiger partial charge in [-0.05, 0) is 146 Å². The Balaban J connectivity index is 0.000000112.